The lowest BCUT2D eigenvalue weighted by Gasteiger charge is -2.36. The van der Waals surface area contributed by atoms with Crippen molar-refractivity contribution in [3.05, 3.63) is 63.9 Å². The molecule has 2 aliphatic rings. The fourth-order valence-electron chi connectivity index (χ4n) is 4.59. The molecule has 0 radical (unpaired) electrons. The zero-order chi connectivity index (χ0) is 20.2. The number of fused-ring (bicyclic) bond motifs is 2. The van der Waals surface area contributed by atoms with Crippen molar-refractivity contribution in [1.29, 1.82) is 0 Å². The average molecular weight is 408 g/mol. The summed E-state index contributed by atoms with van der Waals surface area (Å²) in [5.74, 6) is 0.784. The van der Waals surface area contributed by atoms with Gasteiger partial charge in [-0.3, -0.25) is 14.6 Å². The average Bonchev–Trinajstić information content (AvgIpc) is 3.02. The van der Waals surface area contributed by atoms with Gasteiger partial charge in [-0.2, -0.15) is 0 Å². The van der Waals surface area contributed by atoms with E-state index in [1.165, 1.54) is 16.3 Å². The largest absolute Gasteiger partial charge is 0.375 e. The molecule has 1 saturated heterocycles. The van der Waals surface area contributed by atoms with Crippen molar-refractivity contribution < 1.29 is 4.74 Å². The van der Waals surface area contributed by atoms with E-state index in [0.29, 0.717) is 6.61 Å². The molecular formula is C23H25N3O2S. The van der Waals surface area contributed by atoms with Crippen LogP contribution in [0.5, 0.6) is 0 Å². The van der Waals surface area contributed by atoms with Crippen molar-refractivity contribution in [2.45, 2.75) is 50.5 Å². The van der Waals surface area contributed by atoms with Crippen molar-refractivity contribution in [3.63, 3.8) is 0 Å². The van der Waals surface area contributed by atoms with Gasteiger partial charge in [0.05, 0.1) is 27.5 Å². The maximum atomic E-state index is 13.1. The Morgan fingerprint density at radius 2 is 2.00 bits per heavy atom. The Morgan fingerprint density at radius 3 is 2.83 bits per heavy atom. The first-order chi connectivity index (χ1) is 13.9. The highest BCUT2D eigenvalue weighted by molar-refractivity contribution is 8.14. The van der Waals surface area contributed by atoms with Gasteiger partial charge in [0.1, 0.15) is 0 Å². The molecule has 1 fully saturated rings. The maximum absolute atomic E-state index is 13.1. The fourth-order valence-corrected chi connectivity index (χ4v) is 5.73. The zero-order valence-corrected chi connectivity index (χ0v) is 17.8. The first-order valence-electron chi connectivity index (χ1n) is 10.1. The SMILES string of the molecule is CC1=Nc2c(c(=O)[nH]n2C2CCOC(C)(C)C2)C(c2cccc3ccccc23)S1. The molecule has 6 heteroatoms. The first kappa shape index (κ1) is 18.7. The van der Waals surface area contributed by atoms with Gasteiger partial charge in [-0.05, 0) is 49.9 Å². The number of hydrogen-bond donors (Lipinski definition) is 1. The number of nitrogens with zero attached hydrogens (tertiary/aromatic N) is 2. The van der Waals surface area contributed by atoms with Crippen LogP contribution in [0.15, 0.2) is 52.3 Å². The Bertz CT molecular complexity index is 1170. The Labute approximate surface area is 174 Å². The van der Waals surface area contributed by atoms with E-state index in [9.17, 15) is 4.79 Å². The van der Waals surface area contributed by atoms with Crippen LogP contribution in [0.4, 0.5) is 5.82 Å². The van der Waals surface area contributed by atoms with E-state index in [-0.39, 0.29) is 22.5 Å². The van der Waals surface area contributed by atoms with E-state index in [1.54, 1.807) is 11.8 Å². The fraction of sp³-hybridized carbons (Fsp3) is 0.391. The maximum Gasteiger partial charge on any atom is 0.271 e. The molecule has 0 spiro atoms. The van der Waals surface area contributed by atoms with Crippen LogP contribution >= 0.6 is 11.8 Å². The Balaban J connectivity index is 1.66. The second-order valence-electron chi connectivity index (χ2n) is 8.50. The molecule has 3 aromatic rings. The Hall–Kier alpha value is -2.31. The lowest BCUT2D eigenvalue weighted by atomic mass is 9.94. The summed E-state index contributed by atoms with van der Waals surface area (Å²) in [7, 11) is 0. The van der Waals surface area contributed by atoms with Crippen LogP contribution in [0.3, 0.4) is 0 Å². The quantitative estimate of drug-likeness (QED) is 0.623. The van der Waals surface area contributed by atoms with Gasteiger partial charge < -0.3 is 4.74 Å². The lowest BCUT2D eigenvalue weighted by Crippen LogP contribution is -2.35. The number of hydrogen-bond acceptors (Lipinski definition) is 4. The number of aromatic amines is 1. The molecule has 5 nitrogen and oxygen atoms in total. The van der Waals surface area contributed by atoms with Crippen molar-refractivity contribution in [2.24, 2.45) is 4.99 Å². The third kappa shape index (κ3) is 3.24. The Kier molecular flexibility index (Phi) is 4.44. The molecular weight excluding hydrogens is 382 g/mol. The van der Waals surface area contributed by atoms with E-state index in [4.69, 9.17) is 9.73 Å². The summed E-state index contributed by atoms with van der Waals surface area (Å²) in [5.41, 5.74) is 1.69. The molecule has 3 heterocycles. The van der Waals surface area contributed by atoms with Gasteiger partial charge in [-0.1, -0.05) is 54.2 Å². The monoisotopic (exact) mass is 407 g/mol. The number of aromatic nitrogens is 2. The van der Waals surface area contributed by atoms with Gasteiger partial charge in [0.2, 0.25) is 0 Å². The number of aliphatic imine (C=N–C) groups is 1. The van der Waals surface area contributed by atoms with Crippen LogP contribution in [0.2, 0.25) is 0 Å². The molecule has 2 aromatic carbocycles. The summed E-state index contributed by atoms with van der Waals surface area (Å²) in [6.07, 6.45) is 1.73. The number of ether oxygens (including phenoxy) is 1. The summed E-state index contributed by atoms with van der Waals surface area (Å²) >= 11 is 1.66. The van der Waals surface area contributed by atoms with E-state index < -0.39 is 0 Å². The number of H-pyrrole nitrogens is 1. The second-order valence-corrected chi connectivity index (χ2v) is 9.80. The predicted molar refractivity (Wildman–Crippen MR) is 120 cm³/mol. The molecule has 1 aromatic heterocycles. The van der Waals surface area contributed by atoms with E-state index in [1.807, 2.05) is 11.6 Å². The van der Waals surface area contributed by atoms with Crippen molar-refractivity contribution >= 4 is 33.4 Å². The van der Waals surface area contributed by atoms with Crippen LogP contribution in [-0.2, 0) is 4.74 Å². The summed E-state index contributed by atoms with van der Waals surface area (Å²) in [5, 5.41) is 6.41. The van der Waals surface area contributed by atoms with Gasteiger partial charge in [0.15, 0.2) is 5.82 Å². The van der Waals surface area contributed by atoms with Gasteiger partial charge >= 0.3 is 0 Å². The van der Waals surface area contributed by atoms with Crippen molar-refractivity contribution in [1.82, 2.24) is 9.78 Å². The van der Waals surface area contributed by atoms with Crippen LogP contribution < -0.4 is 5.56 Å². The third-order valence-corrected chi connectivity index (χ3v) is 7.05. The molecule has 1 N–H and O–H groups in total. The smallest absolute Gasteiger partial charge is 0.271 e. The third-order valence-electron chi connectivity index (χ3n) is 5.89. The van der Waals surface area contributed by atoms with E-state index in [0.717, 1.165) is 29.3 Å². The summed E-state index contributed by atoms with van der Waals surface area (Å²) in [6, 6.07) is 14.9. The minimum absolute atomic E-state index is 0.0361. The highest BCUT2D eigenvalue weighted by atomic mass is 32.2. The van der Waals surface area contributed by atoms with Crippen LogP contribution in [0.1, 0.15) is 56.0 Å². The first-order valence-corrected chi connectivity index (χ1v) is 11.0. The Morgan fingerprint density at radius 1 is 1.21 bits per heavy atom. The number of nitrogens with one attached hydrogen (secondary N) is 1. The minimum atomic E-state index is -0.200. The number of thioether (sulfide) groups is 1. The second kappa shape index (κ2) is 6.89. The molecule has 150 valence electrons. The predicted octanol–water partition coefficient (Wildman–Crippen LogP) is 5.35. The van der Waals surface area contributed by atoms with Gasteiger partial charge in [-0.25, -0.2) is 4.99 Å². The molecule has 0 aliphatic carbocycles. The number of benzene rings is 2. The molecule has 2 atom stereocenters. The zero-order valence-electron chi connectivity index (χ0n) is 16.9. The summed E-state index contributed by atoms with van der Waals surface area (Å²) < 4.78 is 7.89. The molecule has 2 aliphatic heterocycles. The van der Waals surface area contributed by atoms with Crippen LogP contribution in [-0.4, -0.2) is 27.0 Å². The summed E-state index contributed by atoms with van der Waals surface area (Å²) in [6.45, 7) is 6.94. The van der Waals surface area contributed by atoms with Crippen LogP contribution in [0.25, 0.3) is 10.8 Å². The standard InChI is InChI=1S/C23H25N3O2S/c1-14-24-21-19(22(27)25-26(21)16-11-12-28-23(2,3)13-16)20(29-14)18-10-6-8-15-7-4-5-9-17(15)18/h4-10,16,20H,11-13H2,1-3H3,(H,25,27). The van der Waals surface area contributed by atoms with Crippen molar-refractivity contribution in [3.8, 4) is 0 Å². The normalized spacial score (nSPS) is 23.6. The van der Waals surface area contributed by atoms with E-state index in [2.05, 4.69) is 61.4 Å². The number of rotatable bonds is 2. The minimum Gasteiger partial charge on any atom is -0.375 e. The lowest BCUT2D eigenvalue weighted by molar-refractivity contribution is -0.0705. The van der Waals surface area contributed by atoms with Gasteiger partial charge in [0.25, 0.3) is 5.56 Å². The summed E-state index contributed by atoms with van der Waals surface area (Å²) in [4.78, 5) is 17.9. The highest BCUT2D eigenvalue weighted by Gasteiger charge is 2.36. The molecule has 0 bridgehead atoms. The van der Waals surface area contributed by atoms with Gasteiger partial charge in [0, 0.05) is 6.61 Å². The molecule has 0 amide bonds. The van der Waals surface area contributed by atoms with Crippen LogP contribution in [0, 0.1) is 0 Å². The topological polar surface area (TPSA) is 59.4 Å². The highest BCUT2D eigenvalue weighted by Crippen LogP contribution is 2.47. The van der Waals surface area contributed by atoms with E-state index >= 15 is 0 Å². The molecule has 0 saturated carbocycles. The van der Waals surface area contributed by atoms with Gasteiger partial charge in [-0.15, -0.1) is 0 Å². The molecule has 2 unspecified atom stereocenters. The molecule has 5 rings (SSSR count). The molecule has 29 heavy (non-hydrogen) atoms. The van der Waals surface area contributed by atoms with Crippen molar-refractivity contribution in [2.75, 3.05) is 6.61 Å².